The maximum atomic E-state index is 11.7. The lowest BCUT2D eigenvalue weighted by Gasteiger charge is -2.08. The molecule has 20 heavy (non-hydrogen) atoms. The van der Waals surface area contributed by atoms with E-state index in [2.05, 4.69) is 26.2 Å². The summed E-state index contributed by atoms with van der Waals surface area (Å²) in [6, 6.07) is 10.7. The van der Waals surface area contributed by atoms with E-state index in [1.54, 1.807) is 24.4 Å². The molecule has 0 saturated carbocycles. The molecular weight excluding hydrogens is 344 g/mol. The maximum absolute atomic E-state index is 11.7. The smallest absolute Gasteiger partial charge is 0.258 e. The number of nitrogens with zero attached hydrogens (tertiary/aromatic N) is 1. The van der Waals surface area contributed by atoms with Gasteiger partial charge in [-0.05, 0) is 30.3 Å². The fraction of sp³-hybridized carbons (Fsp3) is 0.143. The molecule has 2 rings (SSSR count). The standard InChI is InChI=1S/C14H12BrClN2O2/c15-10-4-5-13(12(16)7-10)20-9-14(19)18-8-11-3-1-2-6-17-11/h1-7H,8-9H2,(H,18,19). The Labute approximate surface area is 130 Å². The minimum Gasteiger partial charge on any atom is -0.482 e. The van der Waals surface area contributed by atoms with E-state index < -0.39 is 0 Å². The van der Waals surface area contributed by atoms with Gasteiger partial charge >= 0.3 is 0 Å². The number of hydrogen-bond donors (Lipinski definition) is 1. The summed E-state index contributed by atoms with van der Waals surface area (Å²) in [7, 11) is 0. The molecule has 2 aromatic rings. The number of carbonyl (C=O) groups is 1. The molecule has 1 amide bonds. The summed E-state index contributed by atoms with van der Waals surface area (Å²) in [6.45, 7) is 0.283. The molecule has 1 heterocycles. The molecule has 0 aliphatic carbocycles. The van der Waals surface area contributed by atoms with Crippen molar-refractivity contribution < 1.29 is 9.53 Å². The molecule has 0 unspecified atom stereocenters. The molecule has 4 nitrogen and oxygen atoms in total. The number of pyridine rings is 1. The van der Waals surface area contributed by atoms with Gasteiger partial charge < -0.3 is 10.1 Å². The lowest BCUT2D eigenvalue weighted by atomic mass is 10.3. The fourth-order valence-electron chi connectivity index (χ4n) is 1.48. The first-order valence-corrected chi connectivity index (χ1v) is 7.07. The van der Waals surface area contributed by atoms with Crippen LogP contribution in [0.4, 0.5) is 0 Å². The van der Waals surface area contributed by atoms with Gasteiger partial charge in [0.1, 0.15) is 5.75 Å². The molecule has 1 N–H and O–H groups in total. The second-order valence-electron chi connectivity index (χ2n) is 3.96. The average molecular weight is 356 g/mol. The number of halogens is 2. The van der Waals surface area contributed by atoms with Gasteiger partial charge in [0.15, 0.2) is 6.61 Å². The lowest BCUT2D eigenvalue weighted by Crippen LogP contribution is -2.28. The third-order valence-electron chi connectivity index (χ3n) is 2.45. The Hall–Kier alpha value is -1.59. The van der Waals surface area contributed by atoms with Crippen molar-refractivity contribution >= 4 is 33.4 Å². The van der Waals surface area contributed by atoms with E-state index in [0.717, 1.165) is 10.2 Å². The van der Waals surface area contributed by atoms with E-state index >= 15 is 0 Å². The predicted molar refractivity (Wildman–Crippen MR) is 80.7 cm³/mol. The molecule has 1 aromatic heterocycles. The number of carbonyl (C=O) groups excluding carboxylic acids is 1. The monoisotopic (exact) mass is 354 g/mol. The van der Waals surface area contributed by atoms with E-state index in [9.17, 15) is 4.79 Å². The van der Waals surface area contributed by atoms with Crippen molar-refractivity contribution in [1.82, 2.24) is 10.3 Å². The Morgan fingerprint density at radius 1 is 1.35 bits per heavy atom. The highest BCUT2D eigenvalue weighted by Crippen LogP contribution is 2.27. The molecule has 0 bridgehead atoms. The number of hydrogen-bond acceptors (Lipinski definition) is 3. The van der Waals surface area contributed by atoms with Crippen LogP contribution < -0.4 is 10.1 Å². The first-order valence-electron chi connectivity index (χ1n) is 5.89. The maximum Gasteiger partial charge on any atom is 0.258 e. The molecule has 6 heteroatoms. The molecular formula is C14H12BrClN2O2. The van der Waals surface area contributed by atoms with Crippen molar-refractivity contribution in [2.24, 2.45) is 0 Å². The second-order valence-corrected chi connectivity index (χ2v) is 5.28. The highest BCUT2D eigenvalue weighted by atomic mass is 79.9. The van der Waals surface area contributed by atoms with Gasteiger partial charge in [0.05, 0.1) is 17.3 Å². The van der Waals surface area contributed by atoms with Gasteiger partial charge in [-0.2, -0.15) is 0 Å². The van der Waals surface area contributed by atoms with Crippen molar-refractivity contribution in [3.63, 3.8) is 0 Å². The van der Waals surface area contributed by atoms with Gasteiger partial charge in [-0.3, -0.25) is 9.78 Å². The minimum absolute atomic E-state index is 0.0891. The Bertz CT molecular complexity index is 593. The molecule has 0 fully saturated rings. The molecule has 0 spiro atoms. The van der Waals surface area contributed by atoms with Crippen LogP contribution in [0.5, 0.6) is 5.75 Å². The van der Waals surface area contributed by atoms with Gasteiger partial charge in [-0.25, -0.2) is 0 Å². The zero-order valence-corrected chi connectivity index (χ0v) is 12.8. The summed E-state index contributed by atoms with van der Waals surface area (Å²) in [6.07, 6.45) is 1.68. The molecule has 0 aliphatic rings. The Kier molecular flexibility index (Phi) is 5.38. The van der Waals surface area contributed by atoms with E-state index in [-0.39, 0.29) is 12.5 Å². The zero-order chi connectivity index (χ0) is 14.4. The summed E-state index contributed by atoms with van der Waals surface area (Å²) in [5, 5.41) is 3.18. The summed E-state index contributed by atoms with van der Waals surface area (Å²) in [5.74, 6) is 0.248. The van der Waals surface area contributed by atoms with E-state index in [1.165, 1.54) is 0 Å². The van der Waals surface area contributed by atoms with Gasteiger partial charge in [0.2, 0.25) is 0 Å². The molecule has 104 valence electrons. The molecule has 0 radical (unpaired) electrons. The summed E-state index contributed by atoms with van der Waals surface area (Å²) >= 11 is 9.29. The second kappa shape index (κ2) is 7.26. The van der Waals surface area contributed by atoms with E-state index in [0.29, 0.717) is 17.3 Å². The van der Waals surface area contributed by atoms with Crippen molar-refractivity contribution in [3.05, 3.63) is 57.8 Å². The molecule has 0 aliphatic heterocycles. The highest BCUT2D eigenvalue weighted by Gasteiger charge is 2.06. The van der Waals surface area contributed by atoms with Crippen LogP contribution in [0.15, 0.2) is 47.1 Å². The van der Waals surface area contributed by atoms with Gasteiger partial charge in [0, 0.05) is 10.7 Å². The van der Waals surface area contributed by atoms with Crippen LogP contribution in [0.25, 0.3) is 0 Å². The van der Waals surface area contributed by atoms with Gasteiger partial charge in [-0.1, -0.05) is 33.6 Å². The largest absolute Gasteiger partial charge is 0.482 e. The first kappa shape index (κ1) is 14.8. The number of benzene rings is 1. The van der Waals surface area contributed by atoms with E-state index in [1.807, 2.05) is 18.2 Å². The van der Waals surface area contributed by atoms with Crippen LogP contribution in [0.3, 0.4) is 0 Å². The fourth-order valence-corrected chi connectivity index (χ4v) is 2.21. The molecule has 0 saturated heterocycles. The quantitative estimate of drug-likeness (QED) is 0.896. The third-order valence-corrected chi connectivity index (χ3v) is 3.23. The van der Waals surface area contributed by atoms with Crippen LogP contribution in [-0.2, 0) is 11.3 Å². The molecule has 0 atom stereocenters. The number of amides is 1. The number of rotatable bonds is 5. The van der Waals surface area contributed by atoms with Crippen molar-refractivity contribution in [3.8, 4) is 5.75 Å². The van der Waals surface area contributed by atoms with Crippen molar-refractivity contribution in [2.75, 3.05) is 6.61 Å². The topological polar surface area (TPSA) is 51.2 Å². The highest BCUT2D eigenvalue weighted by molar-refractivity contribution is 9.10. The Balaban J connectivity index is 1.80. The third kappa shape index (κ3) is 4.51. The van der Waals surface area contributed by atoms with Crippen molar-refractivity contribution in [2.45, 2.75) is 6.54 Å². The number of nitrogens with one attached hydrogen (secondary N) is 1. The number of ether oxygens (including phenoxy) is 1. The first-order chi connectivity index (χ1) is 9.65. The van der Waals surface area contributed by atoms with Crippen LogP contribution in [-0.4, -0.2) is 17.5 Å². The Morgan fingerprint density at radius 2 is 2.20 bits per heavy atom. The van der Waals surface area contributed by atoms with Crippen LogP contribution in [0.2, 0.25) is 5.02 Å². The number of aromatic nitrogens is 1. The summed E-state index contributed by atoms with van der Waals surface area (Å²) in [4.78, 5) is 15.8. The zero-order valence-electron chi connectivity index (χ0n) is 10.5. The Morgan fingerprint density at radius 3 is 2.90 bits per heavy atom. The van der Waals surface area contributed by atoms with Gasteiger partial charge in [0.25, 0.3) is 5.91 Å². The van der Waals surface area contributed by atoms with Crippen molar-refractivity contribution in [1.29, 1.82) is 0 Å². The summed E-state index contributed by atoms with van der Waals surface area (Å²) < 4.78 is 6.21. The average Bonchev–Trinajstić information content (AvgIpc) is 2.45. The van der Waals surface area contributed by atoms with Crippen LogP contribution >= 0.6 is 27.5 Å². The van der Waals surface area contributed by atoms with E-state index in [4.69, 9.17) is 16.3 Å². The lowest BCUT2D eigenvalue weighted by molar-refractivity contribution is -0.123. The SMILES string of the molecule is O=C(COc1ccc(Br)cc1Cl)NCc1ccccn1. The van der Waals surface area contributed by atoms with Crippen LogP contribution in [0, 0.1) is 0 Å². The predicted octanol–water partition coefficient (Wildman–Crippen LogP) is 3.19. The molecule has 1 aromatic carbocycles. The normalized spacial score (nSPS) is 10.1. The van der Waals surface area contributed by atoms with Crippen LogP contribution in [0.1, 0.15) is 5.69 Å². The summed E-state index contributed by atoms with van der Waals surface area (Å²) in [5.41, 5.74) is 0.794. The van der Waals surface area contributed by atoms with Gasteiger partial charge in [-0.15, -0.1) is 0 Å². The minimum atomic E-state index is -0.227.